The Morgan fingerprint density at radius 2 is 1.93 bits per heavy atom. The van der Waals surface area contributed by atoms with Gasteiger partial charge in [-0.3, -0.25) is 4.79 Å². The summed E-state index contributed by atoms with van der Waals surface area (Å²) in [5.41, 5.74) is 1.02. The van der Waals surface area contributed by atoms with Crippen LogP contribution in [0.1, 0.15) is 25.2 Å². The second kappa shape index (κ2) is 10.0. The molecule has 0 fully saturated rings. The van der Waals surface area contributed by atoms with Crippen LogP contribution in [0.3, 0.4) is 0 Å². The van der Waals surface area contributed by atoms with E-state index in [2.05, 4.69) is 5.32 Å². The first-order chi connectivity index (χ1) is 13.8. The molecule has 0 atom stereocenters. The number of esters is 1. The summed E-state index contributed by atoms with van der Waals surface area (Å²) in [5.74, 6) is -0.801. The van der Waals surface area contributed by atoms with Gasteiger partial charge in [-0.05, 0) is 42.8 Å². The van der Waals surface area contributed by atoms with Gasteiger partial charge < -0.3 is 14.5 Å². The third-order valence-corrected chi connectivity index (χ3v) is 6.14. The van der Waals surface area contributed by atoms with Gasteiger partial charge in [0.25, 0.3) is 5.91 Å². The average Bonchev–Trinajstić information content (AvgIpc) is 3.20. The molecule has 1 N–H and O–H groups in total. The first-order valence-electron chi connectivity index (χ1n) is 9.07. The molecule has 0 unspecified atom stereocenters. The maximum absolute atomic E-state index is 12.7. The summed E-state index contributed by atoms with van der Waals surface area (Å²) in [6.45, 7) is 5.43. The van der Waals surface area contributed by atoms with Crippen molar-refractivity contribution in [3.05, 3.63) is 54.0 Å². The Hall–Kier alpha value is -2.91. The third kappa shape index (κ3) is 6.03. The molecule has 2 aromatic rings. The molecule has 1 heterocycles. The number of hydrogen-bond acceptors (Lipinski definition) is 6. The summed E-state index contributed by atoms with van der Waals surface area (Å²) < 4.78 is 36.6. The molecule has 2 rings (SSSR count). The highest BCUT2D eigenvalue weighted by Gasteiger charge is 2.22. The third-order valence-electron chi connectivity index (χ3n) is 4.10. The molecule has 0 aliphatic rings. The van der Waals surface area contributed by atoms with Gasteiger partial charge in [-0.25, -0.2) is 13.2 Å². The maximum atomic E-state index is 12.7. The van der Waals surface area contributed by atoms with Crippen LogP contribution in [0, 0.1) is 6.92 Å². The van der Waals surface area contributed by atoms with Gasteiger partial charge in [0.2, 0.25) is 10.0 Å². The van der Waals surface area contributed by atoms with Gasteiger partial charge in [0, 0.05) is 24.9 Å². The Kier molecular flexibility index (Phi) is 7.74. The minimum atomic E-state index is -3.65. The monoisotopic (exact) mass is 420 g/mol. The van der Waals surface area contributed by atoms with E-state index in [-0.39, 0.29) is 4.90 Å². The van der Waals surface area contributed by atoms with Crippen LogP contribution in [0.2, 0.25) is 0 Å². The molecule has 1 aromatic carbocycles. The highest BCUT2D eigenvalue weighted by atomic mass is 32.2. The Balaban J connectivity index is 2.02. The first kappa shape index (κ1) is 22.4. The lowest BCUT2D eigenvalue weighted by Gasteiger charge is -2.19. The normalized spacial score (nSPS) is 11.7. The number of ether oxygens (including phenoxy) is 1. The van der Waals surface area contributed by atoms with Crippen molar-refractivity contribution in [2.75, 3.05) is 25.0 Å². The molecule has 156 valence electrons. The van der Waals surface area contributed by atoms with Crippen LogP contribution in [-0.2, 0) is 24.3 Å². The smallest absolute Gasteiger partial charge is 0.331 e. The minimum absolute atomic E-state index is 0.0838. The quantitative estimate of drug-likeness (QED) is 0.494. The SMILES string of the molecule is CCN(CC)S(=O)(=O)c1ccc(C)c(NC(=O)COC(=O)C=Cc2ccco2)c1. The lowest BCUT2D eigenvalue weighted by molar-refractivity contribution is -0.142. The number of anilines is 1. The molecule has 8 nitrogen and oxygen atoms in total. The number of hydrogen-bond donors (Lipinski definition) is 1. The van der Waals surface area contributed by atoms with Crippen molar-refractivity contribution in [2.45, 2.75) is 25.7 Å². The van der Waals surface area contributed by atoms with E-state index < -0.39 is 28.5 Å². The van der Waals surface area contributed by atoms with Crippen LogP contribution in [0.4, 0.5) is 5.69 Å². The van der Waals surface area contributed by atoms with Gasteiger partial charge in [0.05, 0.1) is 11.2 Å². The number of aryl methyl sites for hydroxylation is 1. The van der Waals surface area contributed by atoms with Crippen molar-refractivity contribution in [3.63, 3.8) is 0 Å². The standard InChI is InChI=1S/C20H24N2O6S/c1-4-22(5-2)29(25,26)17-10-8-15(3)18(13-17)21-19(23)14-28-20(24)11-9-16-7-6-12-27-16/h6-13H,4-5,14H2,1-3H3,(H,21,23). The Morgan fingerprint density at radius 3 is 2.55 bits per heavy atom. The van der Waals surface area contributed by atoms with Crippen LogP contribution in [-0.4, -0.2) is 44.3 Å². The van der Waals surface area contributed by atoms with Crippen molar-refractivity contribution >= 4 is 33.7 Å². The minimum Gasteiger partial charge on any atom is -0.465 e. The van der Waals surface area contributed by atoms with E-state index in [1.807, 2.05) is 0 Å². The molecule has 29 heavy (non-hydrogen) atoms. The van der Waals surface area contributed by atoms with E-state index in [1.54, 1.807) is 39.0 Å². The number of sulfonamides is 1. The lowest BCUT2D eigenvalue weighted by Crippen LogP contribution is -2.30. The molecule has 0 spiro atoms. The fourth-order valence-electron chi connectivity index (χ4n) is 2.52. The van der Waals surface area contributed by atoms with E-state index in [4.69, 9.17) is 9.15 Å². The molecule has 9 heteroatoms. The maximum Gasteiger partial charge on any atom is 0.331 e. The number of furan rings is 1. The van der Waals surface area contributed by atoms with Gasteiger partial charge in [0.1, 0.15) is 5.76 Å². The van der Waals surface area contributed by atoms with Crippen molar-refractivity contribution in [1.82, 2.24) is 4.31 Å². The molecule has 0 saturated carbocycles. The second-order valence-electron chi connectivity index (χ2n) is 6.07. The molecular formula is C20H24N2O6S. The van der Waals surface area contributed by atoms with Crippen molar-refractivity contribution in [1.29, 1.82) is 0 Å². The highest BCUT2D eigenvalue weighted by Crippen LogP contribution is 2.23. The predicted molar refractivity (Wildman–Crippen MR) is 109 cm³/mol. The van der Waals surface area contributed by atoms with Gasteiger partial charge in [0.15, 0.2) is 6.61 Å². The molecule has 0 bridgehead atoms. The van der Waals surface area contributed by atoms with E-state index in [9.17, 15) is 18.0 Å². The number of carbonyl (C=O) groups excluding carboxylic acids is 2. The summed E-state index contributed by atoms with van der Waals surface area (Å²) in [5, 5.41) is 2.58. The molecular weight excluding hydrogens is 396 g/mol. The van der Waals surface area contributed by atoms with E-state index in [0.29, 0.717) is 30.1 Å². The number of nitrogens with zero attached hydrogens (tertiary/aromatic N) is 1. The zero-order valence-corrected chi connectivity index (χ0v) is 17.4. The van der Waals surface area contributed by atoms with Crippen molar-refractivity contribution < 1.29 is 27.2 Å². The topological polar surface area (TPSA) is 106 Å². The number of amides is 1. The van der Waals surface area contributed by atoms with Crippen LogP contribution >= 0.6 is 0 Å². The van der Waals surface area contributed by atoms with E-state index in [0.717, 1.165) is 6.08 Å². The average molecular weight is 420 g/mol. The number of nitrogens with one attached hydrogen (secondary N) is 1. The molecule has 0 radical (unpaired) electrons. The van der Waals surface area contributed by atoms with Crippen molar-refractivity contribution in [3.8, 4) is 0 Å². The fourth-order valence-corrected chi connectivity index (χ4v) is 4.00. The molecule has 0 aliphatic carbocycles. The van der Waals surface area contributed by atoms with E-state index >= 15 is 0 Å². The second-order valence-corrected chi connectivity index (χ2v) is 8.01. The van der Waals surface area contributed by atoms with Gasteiger partial charge in [-0.2, -0.15) is 4.31 Å². The Labute approximate surface area is 170 Å². The lowest BCUT2D eigenvalue weighted by atomic mass is 10.2. The van der Waals surface area contributed by atoms with E-state index in [1.165, 1.54) is 28.8 Å². The molecule has 1 aromatic heterocycles. The Bertz CT molecular complexity index is 976. The summed E-state index contributed by atoms with van der Waals surface area (Å²) >= 11 is 0. The fraction of sp³-hybridized carbons (Fsp3) is 0.300. The summed E-state index contributed by atoms with van der Waals surface area (Å²) in [7, 11) is -3.65. The molecule has 1 amide bonds. The summed E-state index contributed by atoms with van der Waals surface area (Å²) in [6, 6.07) is 7.86. The summed E-state index contributed by atoms with van der Waals surface area (Å²) in [6.07, 6.45) is 4.04. The van der Waals surface area contributed by atoms with Crippen LogP contribution in [0.5, 0.6) is 0 Å². The number of benzene rings is 1. The van der Waals surface area contributed by atoms with Crippen LogP contribution < -0.4 is 5.32 Å². The molecule has 0 saturated heterocycles. The van der Waals surface area contributed by atoms with Gasteiger partial charge in [-0.1, -0.05) is 19.9 Å². The van der Waals surface area contributed by atoms with Gasteiger partial charge in [-0.15, -0.1) is 0 Å². The summed E-state index contributed by atoms with van der Waals surface area (Å²) in [4.78, 5) is 23.9. The largest absolute Gasteiger partial charge is 0.465 e. The van der Waals surface area contributed by atoms with Crippen LogP contribution in [0.25, 0.3) is 6.08 Å². The molecule has 0 aliphatic heterocycles. The first-order valence-corrected chi connectivity index (χ1v) is 10.5. The Morgan fingerprint density at radius 1 is 1.21 bits per heavy atom. The predicted octanol–water partition coefficient (Wildman–Crippen LogP) is 2.81. The number of rotatable bonds is 9. The number of carbonyl (C=O) groups is 2. The zero-order chi connectivity index (χ0) is 21.4. The van der Waals surface area contributed by atoms with Crippen LogP contribution in [0.15, 0.2) is 52.0 Å². The van der Waals surface area contributed by atoms with Gasteiger partial charge >= 0.3 is 5.97 Å². The van der Waals surface area contributed by atoms with Crippen molar-refractivity contribution in [2.24, 2.45) is 0 Å². The highest BCUT2D eigenvalue weighted by molar-refractivity contribution is 7.89. The zero-order valence-electron chi connectivity index (χ0n) is 16.5.